The van der Waals surface area contributed by atoms with Gasteiger partial charge in [-0.3, -0.25) is 0 Å². The molecular weight excluding hydrogens is 236 g/mol. The summed E-state index contributed by atoms with van der Waals surface area (Å²) in [5.41, 5.74) is 0. The van der Waals surface area contributed by atoms with Crippen molar-refractivity contribution >= 4 is 8.32 Å². The van der Waals surface area contributed by atoms with Gasteiger partial charge in [-0.2, -0.15) is 0 Å². The summed E-state index contributed by atoms with van der Waals surface area (Å²) in [7, 11) is -1.73. The van der Waals surface area contributed by atoms with Crippen LogP contribution in [0.25, 0.3) is 0 Å². The van der Waals surface area contributed by atoms with Gasteiger partial charge in [-0.15, -0.1) is 6.42 Å². The first-order valence-corrected chi connectivity index (χ1v) is 10.3. The lowest BCUT2D eigenvalue weighted by atomic mass is 9.95. The molecule has 1 nitrogen and oxygen atoms in total. The summed E-state index contributed by atoms with van der Waals surface area (Å²) < 4.78 is 6.45. The summed E-state index contributed by atoms with van der Waals surface area (Å²) >= 11 is 0. The molecule has 0 aromatic rings. The predicted molar refractivity (Wildman–Crippen MR) is 82.1 cm³/mol. The molecule has 0 bridgehead atoms. The van der Waals surface area contributed by atoms with Crippen LogP contribution in [0.2, 0.25) is 18.1 Å². The van der Waals surface area contributed by atoms with E-state index >= 15 is 0 Å². The lowest BCUT2D eigenvalue weighted by Gasteiger charge is -2.39. The maximum absolute atomic E-state index is 6.45. The van der Waals surface area contributed by atoms with E-state index in [9.17, 15) is 0 Å². The highest BCUT2D eigenvalue weighted by Gasteiger charge is 2.40. The number of terminal acetylenes is 1. The molecular formula is C16H30OSi. The fourth-order valence-corrected chi connectivity index (χ4v) is 3.62. The Bertz CT molecular complexity index is 287. The second-order valence-corrected chi connectivity index (χ2v) is 12.0. The maximum Gasteiger partial charge on any atom is 0.193 e. The average molecular weight is 267 g/mol. The zero-order valence-electron chi connectivity index (χ0n) is 12.9. The Morgan fingerprint density at radius 1 is 1.11 bits per heavy atom. The van der Waals surface area contributed by atoms with E-state index in [1.165, 1.54) is 38.5 Å². The minimum Gasteiger partial charge on any atom is -0.403 e. The summed E-state index contributed by atoms with van der Waals surface area (Å²) in [6.45, 7) is 11.4. The summed E-state index contributed by atoms with van der Waals surface area (Å²) in [5, 5.41) is 0.243. The molecule has 2 heteroatoms. The van der Waals surface area contributed by atoms with Gasteiger partial charge in [0.1, 0.15) is 6.10 Å². The molecule has 18 heavy (non-hydrogen) atoms. The number of rotatable bonds is 3. The Hall–Kier alpha value is -0.263. The highest BCUT2D eigenvalue weighted by molar-refractivity contribution is 6.74. The Labute approximate surface area is 115 Å². The quantitative estimate of drug-likeness (QED) is 0.398. The van der Waals surface area contributed by atoms with Crippen molar-refractivity contribution in [3.05, 3.63) is 0 Å². The normalized spacial score (nSPS) is 21.1. The second-order valence-electron chi connectivity index (χ2n) is 7.22. The predicted octanol–water partition coefficient (Wildman–Crippen LogP) is 4.98. The average Bonchev–Trinajstić information content (AvgIpc) is 2.52. The van der Waals surface area contributed by atoms with Crippen LogP contribution in [-0.4, -0.2) is 14.4 Å². The highest BCUT2D eigenvalue weighted by atomic mass is 28.4. The highest BCUT2D eigenvalue weighted by Crippen LogP contribution is 2.39. The van der Waals surface area contributed by atoms with Crippen molar-refractivity contribution < 1.29 is 4.43 Å². The molecule has 0 N–H and O–H groups in total. The van der Waals surface area contributed by atoms with Crippen molar-refractivity contribution in [3.8, 4) is 12.3 Å². The van der Waals surface area contributed by atoms with Crippen LogP contribution in [-0.2, 0) is 4.43 Å². The van der Waals surface area contributed by atoms with E-state index < -0.39 is 8.32 Å². The third-order valence-corrected chi connectivity index (χ3v) is 9.18. The summed E-state index contributed by atoms with van der Waals surface area (Å²) in [5.74, 6) is 3.53. The second kappa shape index (κ2) is 6.26. The molecule has 104 valence electrons. The number of hydrogen-bond donors (Lipinski definition) is 0. The summed E-state index contributed by atoms with van der Waals surface area (Å²) in [4.78, 5) is 0. The van der Waals surface area contributed by atoms with E-state index in [2.05, 4.69) is 39.8 Å². The largest absolute Gasteiger partial charge is 0.403 e. The van der Waals surface area contributed by atoms with E-state index in [4.69, 9.17) is 10.8 Å². The van der Waals surface area contributed by atoms with Gasteiger partial charge >= 0.3 is 0 Å². The van der Waals surface area contributed by atoms with Crippen molar-refractivity contribution in [1.82, 2.24) is 0 Å². The standard InChI is InChI=1S/C16H30OSi/c1-7-15(14-12-10-8-9-11-13-14)17-18(5,6)16(2,3)4/h1,14-15H,8-13H2,2-6H3/t15-/m1/s1. The van der Waals surface area contributed by atoms with Gasteiger partial charge in [0, 0.05) is 0 Å². The van der Waals surface area contributed by atoms with Gasteiger partial charge < -0.3 is 4.43 Å². The van der Waals surface area contributed by atoms with Gasteiger partial charge in [0.05, 0.1) is 0 Å². The molecule has 0 spiro atoms. The molecule has 0 saturated heterocycles. The molecule has 0 unspecified atom stereocenters. The molecule has 1 fully saturated rings. The third kappa shape index (κ3) is 4.14. The third-order valence-electron chi connectivity index (χ3n) is 4.72. The van der Waals surface area contributed by atoms with E-state index in [1.54, 1.807) is 0 Å². The smallest absolute Gasteiger partial charge is 0.193 e. The van der Waals surface area contributed by atoms with E-state index in [0.29, 0.717) is 5.92 Å². The molecule has 1 saturated carbocycles. The molecule has 1 atom stereocenters. The van der Waals surface area contributed by atoms with Gasteiger partial charge in [-0.05, 0) is 36.9 Å². The first-order valence-electron chi connectivity index (χ1n) is 7.42. The fourth-order valence-electron chi connectivity index (χ4n) is 2.37. The zero-order chi connectivity index (χ0) is 13.8. The van der Waals surface area contributed by atoms with E-state index in [0.717, 1.165) is 0 Å². The SMILES string of the molecule is C#C[C@@H](O[Si](C)(C)C(C)(C)C)C1CCCCCC1. The number of hydrogen-bond acceptors (Lipinski definition) is 1. The van der Waals surface area contributed by atoms with Gasteiger partial charge in [0.25, 0.3) is 0 Å². The molecule has 0 aromatic heterocycles. The molecule has 0 amide bonds. The van der Waals surface area contributed by atoms with Gasteiger partial charge in [0.2, 0.25) is 0 Å². The van der Waals surface area contributed by atoms with Crippen LogP contribution in [0.1, 0.15) is 59.3 Å². The summed E-state index contributed by atoms with van der Waals surface area (Å²) in [6, 6.07) is 0. The van der Waals surface area contributed by atoms with Gasteiger partial charge in [0.15, 0.2) is 8.32 Å². The van der Waals surface area contributed by atoms with Crippen LogP contribution >= 0.6 is 0 Å². The lowest BCUT2D eigenvalue weighted by Crippen LogP contribution is -2.45. The van der Waals surface area contributed by atoms with Crippen LogP contribution in [0.15, 0.2) is 0 Å². The van der Waals surface area contributed by atoms with Crippen molar-refractivity contribution in [2.24, 2.45) is 5.92 Å². The minimum absolute atomic E-state index is 0.0454. The lowest BCUT2D eigenvalue weighted by molar-refractivity contribution is 0.156. The molecule has 1 rings (SSSR count). The topological polar surface area (TPSA) is 9.23 Å². The van der Waals surface area contributed by atoms with Crippen molar-refractivity contribution in [1.29, 1.82) is 0 Å². The van der Waals surface area contributed by atoms with Crippen LogP contribution < -0.4 is 0 Å². The first kappa shape index (κ1) is 15.8. The van der Waals surface area contributed by atoms with Crippen molar-refractivity contribution in [3.63, 3.8) is 0 Å². The fraction of sp³-hybridized carbons (Fsp3) is 0.875. The Balaban J connectivity index is 2.69. The molecule has 0 heterocycles. The molecule has 1 aliphatic carbocycles. The monoisotopic (exact) mass is 266 g/mol. The van der Waals surface area contributed by atoms with Crippen LogP contribution in [0.3, 0.4) is 0 Å². The summed E-state index contributed by atoms with van der Waals surface area (Å²) in [6.07, 6.45) is 13.7. The zero-order valence-corrected chi connectivity index (χ0v) is 13.9. The van der Waals surface area contributed by atoms with E-state index in [-0.39, 0.29) is 11.1 Å². The van der Waals surface area contributed by atoms with E-state index in [1.807, 2.05) is 0 Å². The minimum atomic E-state index is -1.73. The Kier molecular flexibility index (Phi) is 5.49. The maximum atomic E-state index is 6.45. The van der Waals surface area contributed by atoms with Gasteiger partial charge in [-0.1, -0.05) is 52.4 Å². The van der Waals surface area contributed by atoms with Crippen LogP contribution in [0, 0.1) is 18.3 Å². The Morgan fingerprint density at radius 3 is 2.00 bits per heavy atom. The molecule has 0 radical (unpaired) electrons. The molecule has 0 aromatic carbocycles. The van der Waals surface area contributed by atoms with Crippen LogP contribution in [0.5, 0.6) is 0 Å². The van der Waals surface area contributed by atoms with Gasteiger partial charge in [-0.25, -0.2) is 0 Å². The van der Waals surface area contributed by atoms with Crippen molar-refractivity contribution in [2.75, 3.05) is 0 Å². The van der Waals surface area contributed by atoms with Crippen LogP contribution in [0.4, 0.5) is 0 Å². The van der Waals surface area contributed by atoms with Crippen molar-refractivity contribution in [2.45, 2.75) is 83.5 Å². The Morgan fingerprint density at radius 2 is 1.61 bits per heavy atom. The molecule has 1 aliphatic rings. The molecule has 0 aliphatic heterocycles. The first-order chi connectivity index (χ1) is 8.28.